The summed E-state index contributed by atoms with van der Waals surface area (Å²) >= 11 is 4.19. The molecular weight excluding hydrogens is 274 g/mol. The van der Waals surface area contributed by atoms with Crippen LogP contribution in [0.25, 0.3) is 0 Å². The fourth-order valence-corrected chi connectivity index (χ4v) is 1.84. The van der Waals surface area contributed by atoms with Crippen molar-refractivity contribution in [3.8, 4) is 11.5 Å². The van der Waals surface area contributed by atoms with Crippen LogP contribution in [0, 0.1) is 0 Å². The molecule has 2 aromatic carbocycles. The minimum absolute atomic E-state index is 0.200. The molecule has 1 amide bonds. The summed E-state index contributed by atoms with van der Waals surface area (Å²) in [5.74, 6) is 1.03. The van der Waals surface area contributed by atoms with E-state index in [1.807, 2.05) is 0 Å². The van der Waals surface area contributed by atoms with E-state index in [-0.39, 0.29) is 5.91 Å². The van der Waals surface area contributed by atoms with E-state index < -0.39 is 0 Å². The number of amides is 1. The molecule has 0 aliphatic rings. The molecule has 0 spiro atoms. The third-order valence-electron chi connectivity index (χ3n) is 2.74. The summed E-state index contributed by atoms with van der Waals surface area (Å²) in [7, 11) is 3.12. The molecule has 0 aromatic heterocycles. The Bertz CT molecular complexity index is 589. The van der Waals surface area contributed by atoms with E-state index in [0.717, 1.165) is 4.90 Å². The second-order valence-electron chi connectivity index (χ2n) is 4.10. The van der Waals surface area contributed by atoms with Gasteiger partial charge in [-0.15, -0.1) is 12.6 Å². The Kier molecular flexibility index (Phi) is 4.53. The summed E-state index contributed by atoms with van der Waals surface area (Å²) in [6, 6.07) is 12.2. The fourth-order valence-electron chi connectivity index (χ4n) is 1.70. The lowest BCUT2D eigenvalue weighted by Gasteiger charge is -2.10. The van der Waals surface area contributed by atoms with Crippen LogP contribution in [0.4, 0.5) is 5.69 Å². The van der Waals surface area contributed by atoms with Gasteiger partial charge in [-0.3, -0.25) is 4.79 Å². The summed E-state index contributed by atoms with van der Waals surface area (Å²) < 4.78 is 10.3. The van der Waals surface area contributed by atoms with Gasteiger partial charge < -0.3 is 14.8 Å². The maximum Gasteiger partial charge on any atom is 0.255 e. The van der Waals surface area contributed by atoms with Crippen LogP contribution < -0.4 is 14.8 Å². The zero-order valence-corrected chi connectivity index (χ0v) is 12.1. The first kappa shape index (κ1) is 14.3. The van der Waals surface area contributed by atoms with Crippen molar-refractivity contribution in [2.24, 2.45) is 0 Å². The Balaban J connectivity index is 2.20. The highest BCUT2D eigenvalue weighted by Gasteiger charge is 2.08. The van der Waals surface area contributed by atoms with E-state index in [0.29, 0.717) is 22.7 Å². The van der Waals surface area contributed by atoms with Crippen LogP contribution in [0.1, 0.15) is 10.4 Å². The van der Waals surface area contributed by atoms with Crippen LogP contribution in [0.3, 0.4) is 0 Å². The molecule has 4 nitrogen and oxygen atoms in total. The molecule has 20 heavy (non-hydrogen) atoms. The molecule has 0 fully saturated rings. The average molecular weight is 289 g/mol. The van der Waals surface area contributed by atoms with Crippen LogP contribution in [-0.4, -0.2) is 20.1 Å². The van der Waals surface area contributed by atoms with Crippen molar-refractivity contribution in [1.82, 2.24) is 0 Å². The van der Waals surface area contributed by atoms with E-state index >= 15 is 0 Å². The van der Waals surface area contributed by atoms with Gasteiger partial charge in [-0.2, -0.15) is 0 Å². The number of ether oxygens (including phenoxy) is 2. The maximum atomic E-state index is 12.1. The molecule has 0 aliphatic carbocycles. The summed E-state index contributed by atoms with van der Waals surface area (Å²) in [5, 5.41) is 2.80. The first-order chi connectivity index (χ1) is 9.62. The van der Waals surface area contributed by atoms with Gasteiger partial charge in [0.1, 0.15) is 11.5 Å². The monoisotopic (exact) mass is 289 g/mol. The number of benzene rings is 2. The minimum atomic E-state index is -0.200. The van der Waals surface area contributed by atoms with Gasteiger partial charge >= 0.3 is 0 Å². The molecule has 0 heterocycles. The number of carbonyl (C=O) groups is 1. The van der Waals surface area contributed by atoms with Gasteiger partial charge in [0.2, 0.25) is 0 Å². The summed E-state index contributed by atoms with van der Waals surface area (Å²) in [4.78, 5) is 12.9. The molecule has 0 saturated heterocycles. The Morgan fingerprint density at radius 2 is 1.55 bits per heavy atom. The number of methoxy groups -OCH3 is 2. The van der Waals surface area contributed by atoms with Crippen molar-refractivity contribution in [1.29, 1.82) is 0 Å². The molecule has 0 unspecified atom stereocenters. The van der Waals surface area contributed by atoms with Gasteiger partial charge in [0.15, 0.2) is 0 Å². The molecule has 1 N–H and O–H groups in total. The Morgan fingerprint density at radius 3 is 2.05 bits per heavy atom. The molecule has 104 valence electrons. The van der Waals surface area contributed by atoms with Crippen LogP contribution in [0.2, 0.25) is 0 Å². The summed E-state index contributed by atoms with van der Waals surface area (Å²) in [5.41, 5.74) is 1.17. The number of hydrogen-bond donors (Lipinski definition) is 2. The first-order valence-corrected chi connectivity index (χ1v) is 6.40. The highest BCUT2D eigenvalue weighted by molar-refractivity contribution is 7.80. The zero-order valence-electron chi connectivity index (χ0n) is 11.2. The largest absolute Gasteiger partial charge is 0.497 e. The summed E-state index contributed by atoms with van der Waals surface area (Å²) in [6.45, 7) is 0. The van der Waals surface area contributed by atoms with Gasteiger partial charge in [-0.25, -0.2) is 0 Å². The van der Waals surface area contributed by atoms with Gasteiger partial charge in [-0.05, 0) is 24.3 Å². The highest BCUT2D eigenvalue weighted by atomic mass is 32.1. The zero-order chi connectivity index (χ0) is 14.5. The van der Waals surface area contributed by atoms with E-state index in [1.54, 1.807) is 56.7 Å². The van der Waals surface area contributed by atoms with Crippen molar-refractivity contribution in [3.63, 3.8) is 0 Å². The molecule has 2 rings (SSSR count). The number of nitrogens with one attached hydrogen (secondary N) is 1. The number of anilines is 1. The standard InChI is InChI=1S/C15H15NO3S/c1-18-12-7-11(8-13(9-12)19-2)16-15(17)10-3-5-14(20)6-4-10/h3-9,20H,1-2H3,(H,16,17). The van der Waals surface area contributed by atoms with E-state index in [4.69, 9.17) is 9.47 Å². The SMILES string of the molecule is COc1cc(NC(=O)c2ccc(S)cc2)cc(OC)c1. The number of rotatable bonds is 4. The lowest BCUT2D eigenvalue weighted by atomic mass is 10.2. The lowest BCUT2D eigenvalue weighted by molar-refractivity contribution is 0.102. The van der Waals surface area contributed by atoms with Crippen LogP contribution in [-0.2, 0) is 0 Å². The topological polar surface area (TPSA) is 47.6 Å². The van der Waals surface area contributed by atoms with Crippen molar-refractivity contribution < 1.29 is 14.3 Å². The van der Waals surface area contributed by atoms with Gasteiger partial charge in [0.05, 0.1) is 14.2 Å². The molecular formula is C15H15NO3S. The molecule has 5 heteroatoms. The molecule has 0 radical (unpaired) electrons. The highest BCUT2D eigenvalue weighted by Crippen LogP contribution is 2.26. The van der Waals surface area contributed by atoms with Crippen LogP contribution in [0.5, 0.6) is 11.5 Å². The minimum Gasteiger partial charge on any atom is -0.497 e. The van der Waals surface area contributed by atoms with E-state index in [1.165, 1.54) is 0 Å². The fraction of sp³-hybridized carbons (Fsp3) is 0.133. The molecule has 0 atom stereocenters. The third-order valence-corrected chi connectivity index (χ3v) is 3.04. The van der Waals surface area contributed by atoms with Gasteiger partial charge in [-0.1, -0.05) is 0 Å². The number of carbonyl (C=O) groups excluding carboxylic acids is 1. The Morgan fingerprint density at radius 1 is 1.00 bits per heavy atom. The Hall–Kier alpha value is -2.14. The van der Waals surface area contributed by atoms with Crippen molar-refractivity contribution in [3.05, 3.63) is 48.0 Å². The van der Waals surface area contributed by atoms with E-state index in [2.05, 4.69) is 17.9 Å². The second kappa shape index (κ2) is 6.34. The predicted molar refractivity (Wildman–Crippen MR) is 81.2 cm³/mol. The van der Waals surface area contributed by atoms with E-state index in [9.17, 15) is 4.79 Å². The number of thiol groups is 1. The van der Waals surface area contributed by atoms with Crippen molar-refractivity contribution in [2.75, 3.05) is 19.5 Å². The number of hydrogen-bond acceptors (Lipinski definition) is 4. The van der Waals surface area contributed by atoms with Crippen molar-refractivity contribution >= 4 is 24.2 Å². The van der Waals surface area contributed by atoms with Gasteiger partial charge in [0.25, 0.3) is 5.91 Å². The van der Waals surface area contributed by atoms with Crippen LogP contribution in [0.15, 0.2) is 47.4 Å². The van der Waals surface area contributed by atoms with Crippen LogP contribution >= 0.6 is 12.6 Å². The third kappa shape index (κ3) is 3.45. The maximum absolute atomic E-state index is 12.1. The summed E-state index contributed by atoms with van der Waals surface area (Å²) in [6.07, 6.45) is 0. The lowest BCUT2D eigenvalue weighted by Crippen LogP contribution is -2.11. The quantitative estimate of drug-likeness (QED) is 0.849. The predicted octanol–water partition coefficient (Wildman–Crippen LogP) is 3.24. The normalized spacial score (nSPS) is 9.95. The Labute approximate surface area is 123 Å². The smallest absolute Gasteiger partial charge is 0.255 e. The second-order valence-corrected chi connectivity index (χ2v) is 4.62. The molecule has 0 saturated carbocycles. The molecule has 2 aromatic rings. The van der Waals surface area contributed by atoms with Gasteiger partial charge in [0, 0.05) is 34.3 Å². The first-order valence-electron chi connectivity index (χ1n) is 5.96. The molecule has 0 aliphatic heterocycles. The average Bonchev–Trinajstić information content (AvgIpc) is 2.47. The van der Waals surface area contributed by atoms with Crippen molar-refractivity contribution in [2.45, 2.75) is 4.90 Å². The molecule has 0 bridgehead atoms.